The zero-order chi connectivity index (χ0) is 8.69. The Bertz CT molecular complexity index is 201. The third-order valence-electron chi connectivity index (χ3n) is 1.06. The van der Waals surface area contributed by atoms with Gasteiger partial charge in [-0.25, -0.2) is 0 Å². The molecule has 0 saturated carbocycles. The van der Waals surface area contributed by atoms with E-state index in [9.17, 15) is 0 Å². The van der Waals surface area contributed by atoms with Crippen LogP contribution < -0.4 is 5.32 Å². The van der Waals surface area contributed by atoms with Crippen molar-refractivity contribution in [2.45, 2.75) is 6.92 Å². The molecule has 0 aliphatic rings. The van der Waals surface area contributed by atoms with Crippen molar-refractivity contribution in [3.05, 3.63) is 24.0 Å². The van der Waals surface area contributed by atoms with Crippen molar-refractivity contribution < 1.29 is 0 Å². The first kappa shape index (κ1) is 9.62. The summed E-state index contributed by atoms with van der Waals surface area (Å²) in [6.45, 7) is 5.21. The molecule has 0 rings (SSSR count). The van der Waals surface area contributed by atoms with E-state index in [4.69, 9.17) is 5.41 Å². The predicted molar refractivity (Wildman–Crippen MR) is 49.2 cm³/mol. The van der Waals surface area contributed by atoms with Gasteiger partial charge in [0.05, 0.1) is 5.71 Å². The number of nitrogens with one attached hydrogen (secondary N) is 2. The van der Waals surface area contributed by atoms with Crippen LogP contribution in [0.1, 0.15) is 6.92 Å². The van der Waals surface area contributed by atoms with Crippen molar-refractivity contribution in [1.82, 2.24) is 5.32 Å². The van der Waals surface area contributed by atoms with Gasteiger partial charge in [-0.1, -0.05) is 6.08 Å². The first-order valence-corrected chi connectivity index (χ1v) is 3.32. The number of allylic oxidation sites excluding steroid dienone is 2. The molecule has 0 spiro atoms. The Labute approximate surface area is 67.0 Å². The lowest BCUT2D eigenvalue weighted by Crippen LogP contribution is -2.01. The van der Waals surface area contributed by atoms with Crippen LogP contribution in [-0.2, 0) is 0 Å². The van der Waals surface area contributed by atoms with E-state index in [1.165, 1.54) is 0 Å². The molecule has 3 nitrogen and oxygen atoms in total. The molecule has 0 aliphatic carbocycles. The van der Waals surface area contributed by atoms with E-state index in [0.29, 0.717) is 11.4 Å². The van der Waals surface area contributed by atoms with Crippen LogP contribution in [0.25, 0.3) is 0 Å². The summed E-state index contributed by atoms with van der Waals surface area (Å²) in [4.78, 5) is 3.67. The number of hydrogen-bond donors (Lipinski definition) is 2. The number of hydrogen-bond acceptors (Lipinski definition) is 3. The van der Waals surface area contributed by atoms with E-state index in [2.05, 4.69) is 17.0 Å². The molecule has 11 heavy (non-hydrogen) atoms. The minimum Gasteiger partial charge on any atom is -0.392 e. The Hall–Kier alpha value is -1.38. The van der Waals surface area contributed by atoms with Gasteiger partial charge >= 0.3 is 0 Å². The predicted octanol–water partition coefficient (Wildman–Crippen LogP) is 1.34. The quantitative estimate of drug-likeness (QED) is 0.585. The maximum atomic E-state index is 7.42. The molecule has 0 atom stereocenters. The van der Waals surface area contributed by atoms with Gasteiger partial charge in [0.15, 0.2) is 0 Å². The maximum absolute atomic E-state index is 7.42. The summed E-state index contributed by atoms with van der Waals surface area (Å²) in [7, 11) is 1.76. The number of nitrogens with zero attached hydrogens (tertiary/aromatic N) is 1. The van der Waals surface area contributed by atoms with Crippen LogP contribution in [0.3, 0.4) is 0 Å². The Morgan fingerprint density at radius 3 is 2.64 bits per heavy atom. The lowest BCUT2D eigenvalue weighted by Gasteiger charge is -1.97. The molecule has 0 unspecified atom stereocenters. The standard InChI is InChI=1S/C8H13N3/c1-4-5-7(9)8(11-3)6-10-2/h4-6,9-10H,3H2,1-2H3/b5-4-,8-6-,9-7?. The maximum Gasteiger partial charge on any atom is 0.103 e. The normalized spacial score (nSPS) is 11.6. The highest BCUT2D eigenvalue weighted by atomic mass is 14.8. The monoisotopic (exact) mass is 151 g/mol. The van der Waals surface area contributed by atoms with E-state index in [-0.39, 0.29) is 0 Å². The first-order chi connectivity index (χ1) is 5.26. The highest BCUT2D eigenvalue weighted by molar-refractivity contribution is 6.06. The van der Waals surface area contributed by atoms with E-state index >= 15 is 0 Å². The van der Waals surface area contributed by atoms with Gasteiger partial charge in [0.25, 0.3) is 0 Å². The average molecular weight is 151 g/mol. The van der Waals surface area contributed by atoms with Crippen molar-refractivity contribution in [2.75, 3.05) is 7.05 Å². The van der Waals surface area contributed by atoms with Crippen molar-refractivity contribution in [2.24, 2.45) is 4.99 Å². The van der Waals surface area contributed by atoms with Crippen molar-refractivity contribution in [1.29, 1.82) is 5.41 Å². The zero-order valence-corrected chi connectivity index (χ0v) is 6.89. The average Bonchev–Trinajstić information content (AvgIpc) is 2.00. The summed E-state index contributed by atoms with van der Waals surface area (Å²) >= 11 is 0. The number of rotatable bonds is 4. The fourth-order valence-electron chi connectivity index (χ4n) is 0.597. The lowest BCUT2D eigenvalue weighted by atomic mass is 10.2. The second-order valence-electron chi connectivity index (χ2n) is 1.89. The summed E-state index contributed by atoms with van der Waals surface area (Å²) in [6, 6.07) is 0. The van der Waals surface area contributed by atoms with Gasteiger partial charge in [-0.15, -0.1) is 0 Å². The molecule has 3 heteroatoms. The molecular weight excluding hydrogens is 138 g/mol. The van der Waals surface area contributed by atoms with Crippen LogP contribution in [0.4, 0.5) is 0 Å². The third kappa shape index (κ3) is 3.35. The molecule has 0 saturated heterocycles. The van der Waals surface area contributed by atoms with Gasteiger partial charge in [-0.3, -0.25) is 10.4 Å². The fourth-order valence-corrected chi connectivity index (χ4v) is 0.597. The van der Waals surface area contributed by atoms with E-state index in [1.807, 2.05) is 6.92 Å². The van der Waals surface area contributed by atoms with Gasteiger partial charge in [0.2, 0.25) is 0 Å². The second-order valence-corrected chi connectivity index (χ2v) is 1.89. The summed E-state index contributed by atoms with van der Waals surface area (Å²) in [6.07, 6.45) is 5.09. The zero-order valence-electron chi connectivity index (χ0n) is 6.89. The molecule has 0 aromatic heterocycles. The Morgan fingerprint density at radius 1 is 1.64 bits per heavy atom. The van der Waals surface area contributed by atoms with Gasteiger partial charge in [0.1, 0.15) is 5.70 Å². The summed E-state index contributed by atoms with van der Waals surface area (Å²) in [5, 5.41) is 10.2. The second kappa shape index (κ2) is 5.41. The van der Waals surface area contributed by atoms with E-state index in [1.54, 1.807) is 25.4 Å². The highest BCUT2D eigenvalue weighted by Gasteiger charge is 1.95. The van der Waals surface area contributed by atoms with Gasteiger partial charge in [-0.05, 0) is 19.7 Å². The minimum absolute atomic E-state index is 0.358. The van der Waals surface area contributed by atoms with Crippen LogP contribution in [0, 0.1) is 5.41 Å². The minimum atomic E-state index is 0.358. The van der Waals surface area contributed by atoms with Gasteiger partial charge in [0, 0.05) is 13.2 Å². The molecule has 0 heterocycles. The summed E-state index contributed by atoms with van der Waals surface area (Å²) in [5.74, 6) is 0. The Morgan fingerprint density at radius 2 is 2.27 bits per heavy atom. The Kier molecular flexibility index (Phi) is 4.73. The molecular formula is C8H13N3. The highest BCUT2D eigenvalue weighted by Crippen LogP contribution is 1.97. The van der Waals surface area contributed by atoms with Crippen molar-refractivity contribution >= 4 is 12.4 Å². The summed E-state index contributed by atoms with van der Waals surface area (Å²) in [5.41, 5.74) is 0.905. The molecule has 0 fully saturated rings. The molecule has 60 valence electrons. The molecule has 0 radical (unpaired) electrons. The molecule has 0 amide bonds. The fraction of sp³-hybridized carbons (Fsp3) is 0.250. The van der Waals surface area contributed by atoms with E-state index < -0.39 is 0 Å². The van der Waals surface area contributed by atoms with Crippen molar-refractivity contribution in [3.63, 3.8) is 0 Å². The topological polar surface area (TPSA) is 48.2 Å². The van der Waals surface area contributed by atoms with Crippen LogP contribution >= 0.6 is 0 Å². The lowest BCUT2D eigenvalue weighted by molar-refractivity contribution is 1.08. The molecule has 0 aromatic carbocycles. The molecule has 0 aromatic rings. The first-order valence-electron chi connectivity index (χ1n) is 3.32. The van der Waals surface area contributed by atoms with Crippen LogP contribution in [0.2, 0.25) is 0 Å². The SMILES string of the molecule is C=N/C(=C\NC)C(=N)/C=C\C. The van der Waals surface area contributed by atoms with Crippen LogP contribution in [-0.4, -0.2) is 19.5 Å². The molecule has 0 bridgehead atoms. The smallest absolute Gasteiger partial charge is 0.103 e. The van der Waals surface area contributed by atoms with Crippen LogP contribution in [0.5, 0.6) is 0 Å². The summed E-state index contributed by atoms with van der Waals surface area (Å²) < 4.78 is 0. The Balaban J connectivity index is 4.38. The van der Waals surface area contributed by atoms with E-state index in [0.717, 1.165) is 0 Å². The van der Waals surface area contributed by atoms with Gasteiger partial charge in [-0.2, -0.15) is 0 Å². The number of aliphatic imine (C=N–C) groups is 1. The van der Waals surface area contributed by atoms with Crippen LogP contribution in [0.15, 0.2) is 29.0 Å². The molecule has 2 N–H and O–H groups in total. The largest absolute Gasteiger partial charge is 0.392 e. The molecule has 0 aliphatic heterocycles. The van der Waals surface area contributed by atoms with Gasteiger partial charge < -0.3 is 5.32 Å². The van der Waals surface area contributed by atoms with Crippen molar-refractivity contribution in [3.8, 4) is 0 Å². The third-order valence-corrected chi connectivity index (χ3v) is 1.06.